The maximum atomic E-state index is 10.4. The number of hydrogen-bond donors (Lipinski definition) is 1. The van der Waals surface area contributed by atoms with Crippen LogP contribution in [0.4, 0.5) is 0 Å². The molecule has 1 atom stereocenters. The van der Waals surface area contributed by atoms with Crippen molar-refractivity contribution in [2.24, 2.45) is 0 Å². The molecule has 0 fully saturated rings. The smallest absolute Gasteiger partial charge is 0.159 e. The molecule has 1 unspecified atom stereocenters. The Morgan fingerprint density at radius 1 is 1.12 bits per heavy atom. The maximum Gasteiger partial charge on any atom is 0.159 e. The molecular formula is C13H20O4. The van der Waals surface area contributed by atoms with Crippen molar-refractivity contribution in [3.05, 3.63) is 29.8 Å². The van der Waals surface area contributed by atoms with Gasteiger partial charge < -0.3 is 19.3 Å². The lowest BCUT2D eigenvalue weighted by atomic mass is 9.92. The first-order valence-corrected chi connectivity index (χ1v) is 5.46. The van der Waals surface area contributed by atoms with Crippen LogP contribution in [0.1, 0.15) is 18.9 Å². The summed E-state index contributed by atoms with van der Waals surface area (Å²) in [6.07, 6.45) is -0.0566. The van der Waals surface area contributed by atoms with E-state index in [4.69, 9.17) is 14.2 Å². The molecule has 0 saturated carbocycles. The minimum Gasteiger partial charge on any atom is -0.497 e. The molecule has 0 amide bonds. The zero-order valence-electron chi connectivity index (χ0n) is 10.8. The predicted molar refractivity (Wildman–Crippen MR) is 65.0 cm³/mol. The Bertz CT molecular complexity index is 328. The molecule has 0 aliphatic heterocycles. The van der Waals surface area contributed by atoms with Crippen molar-refractivity contribution in [3.63, 3.8) is 0 Å². The molecule has 0 heterocycles. The third-order valence-corrected chi connectivity index (χ3v) is 2.80. The summed E-state index contributed by atoms with van der Waals surface area (Å²) in [4.78, 5) is 0. The van der Waals surface area contributed by atoms with E-state index >= 15 is 0 Å². The Morgan fingerprint density at radius 3 is 2.06 bits per heavy atom. The molecule has 1 aromatic rings. The molecular weight excluding hydrogens is 220 g/mol. The molecule has 0 bridgehead atoms. The Morgan fingerprint density at radius 2 is 1.65 bits per heavy atom. The van der Waals surface area contributed by atoms with Crippen molar-refractivity contribution in [2.75, 3.05) is 21.3 Å². The molecule has 17 heavy (non-hydrogen) atoms. The van der Waals surface area contributed by atoms with Crippen LogP contribution >= 0.6 is 0 Å². The largest absolute Gasteiger partial charge is 0.497 e. The first kappa shape index (κ1) is 14.0. The topological polar surface area (TPSA) is 47.9 Å². The van der Waals surface area contributed by atoms with E-state index in [0.717, 1.165) is 11.3 Å². The van der Waals surface area contributed by atoms with Gasteiger partial charge in [-0.05, 0) is 24.6 Å². The van der Waals surface area contributed by atoms with Crippen LogP contribution in [-0.2, 0) is 15.1 Å². The lowest BCUT2D eigenvalue weighted by Gasteiger charge is -2.27. The van der Waals surface area contributed by atoms with E-state index in [-0.39, 0.29) is 0 Å². The van der Waals surface area contributed by atoms with Crippen LogP contribution in [0, 0.1) is 0 Å². The summed E-state index contributed by atoms with van der Waals surface area (Å²) in [7, 11) is 4.72. The van der Waals surface area contributed by atoms with Gasteiger partial charge in [0.05, 0.1) is 12.7 Å². The van der Waals surface area contributed by atoms with Gasteiger partial charge in [-0.3, -0.25) is 0 Å². The van der Waals surface area contributed by atoms with Gasteiger partial charge >= 0.3 is 0 Å². The standard InChI is InChI=1S/C13H20O4/c1-13(14,9-12(16-3)17-4)10-5-7-11(15-2)8-6-10/h5-8,12,14H,9H2,1-4H3. The highest BCUT2D eigenvalue weighted by molar-refractivity contribution is 5.30. The van der Waals surface area contributed by atoms with Crippen LogP contribution in [0.15, 0.2) is 24.3 Å². The van der Waals surface area contributed by atoms with Crippen molar-refractivity contribution in [2.45, 2.75) is 25.2 Å². The SMILES string of the molecule is COc1ccc(C(C)(O)CC(OC)OC)cc1. The summed E-state index contributed by atoms with van der Waals surface area (Å²) in [5.74, 6) is 0.764. The number of rotatable bonds is 6. The predicted octanol–water partition coefficient (Wildman–Crippen LogP) is 1.91. The summed E-state index contributed by atoms with van der Waals surface area (Å²) in [6, 6.07) is 7.30. The van der Waals surface area contributed by atoms with Gasteiger partial charge in [0.15, 0.2) is 6.29 Å². The van der Waals surface area contributed by atoms with Gasteiger partial charge in [-0.2, -0.15) is 0 Å². The first-order valence-electron chi connectivity index (χ1n) is 5.46. The van der Waals surface area contributed by atoms with Gasteiger partial charge in [-0.25, -0.2) is 0 Å². The molecule has 4 nitrogen and oxygen atoms in total. The fraction of sp³-hybridized carbons (Fsp3) is 0.538. The molecule has 1 rings (SSSR count). The van der Waals surface area contributed by atoms with E-state index in [2.05, 4.69) is 0 Å². The van der Waals surface area contributed by atoms with Crippen molar-refractivity contribution in [1.82, 2.24) is 0 Å². The van der Waals surface area contributed by atoms with Crippen LogP contribution in [0.2, 0.25) is 0 Å². The fourth-order valence-electron chi connectivity index (χ4n) is 1.66. The molecule has 0 aliphatic carbocycles. The second-order valence-corrected chi connectivity index (χ2v) is 4.11. The van der Waals surface area contributed by atoms with E-state index in [0.29, 0.717) is 6.42 Å². The first-order chi connectivity index (χ1) is 8.03. The van der Waals surface area contributed by atoms with Gasteiger partial charge in [-0.15, -0.1) is 0 Å². The Labute approximate surface area is 102 Å². The van der Waals surface area contributed by atoms with Gasteiger partial charge in [-0.1, -0.05) is 12.1 Å². The van der Waals surface area contributed by atoms with E-state index in [1.165, 1.54) is 0 Å². The third kappa shape index (κ3) is 3.70. The highest BCUT2D eigenvalue weighted by Gasteiger charge is 2.27. The average molecular weight is 240 g/mol. The van der Waals surface area contributed by atoms with Gasteiger partial charge in [0.1, 0.15) is 5.75 Å². The molecule has 1 N–H and O–H groups in total. The van der Waals surface area contributed by atoms with Crippen LogP contribution in [0.3, 0.4) is 0 Å². The van der Waals surface area contributed by atoms with Crippen molar-refractivity contribution < 1.29 is 19.3 Å². The molecule has 96 valence electrons. The summed E-state index contributed by atoms with van der Waals surface area (Å²) in [5, 5.41) is 10.4. The third-order valence-electron chi connectivity index (χ3n) is 2.80. The molecule has 4 heteroatoms. The van der Waals surface area contributed by atoms with Gasteiger partial charge in [0.2, 0.25) is 0 Å². The summed E-state index contributed by atoms with van der Waals surface area (Å²) >= 11 is 0. The number of benzene rings is 1. The van der Waals surface area contributed by atoms with E-state index in [1.807, 2.05) is 24.3 Å². The average Bonchev–Trinajstić information content (AvgIpc) is 2.36. The highest BCUT2D eigenvalue weighted by Crippen LogP contribution is 2.28. The molecule has 0 spiro atoms. The lowest BCUT2D eigenvalue weighted by Crippen LogP contribution is -2.29. The zero-order chi connectivity index (χ0) is 12.9. The second-order valence-electron chi connectivity index (χ2n) is 4.11. The maximum absolute atomic E-state index is 10.4. The van der Waals surface area contributed by atoms with Crippen LogP contribution in [0.25, 0.3) is 0 Å². The lowest BCUT2D eigenvalue weighted by molar-refractivity contribution is -0.142. The Hall–Kier alpha value is -1.10. The van der Waals surface area contributed by atoms with Crippen molar-refractivity contribution in [3.8, 4) is 5.75 Å². The normalized spacial score (nSPS) is 14.7. The van der Waals surface area contributed by atoms with E-state index in [9.17, 15) is 5.11 Å². The Balaban J connectivity index is 2.80. The van der Waals surface area contributed by atoms with Crippen molar-refractivity contribution >= 4 is 0 Å². The number of ether oxygens (including phenoxy) is 3. The monoisotopic (exact) mass is 240 g/mol. The Kier molecular flexibility index (Phi) is 4.93. The van der Waals surface area contributed by atoms with Crippen LogP contribution < -0.4 is 4.74 Å². The van der Waals surface area contributed by atoms with Crippen LogP contribution in [-0.4, -0.2) is 32.7 Å². The molecule has 1 aromatic carbocycles. The van der Waals surface area contributed by atoms with Crippen molar-refractivity contribution in [1.29, 1.82) is 0 Å². The molecule has 0 saturated heterocycles. The molecule has 0 aliphatic rings. The number of aliphatic hydroxyl groups is 1. The summed E-state index contributed by atoms with van der Waals surface area (Å²) in [5.41, 5.74) is -0.194. The fourth-order valence-corrected chi connectivity index (χ4v) is 1.66. The summed E-state index contributed by atoms with van der Waals surface area (Å²) in [6.45, 7) is 1.74. The zero-order valence-corrected chi connectivity index (χ0v) is 10.8. The second kappa shape index (κ2) is 6.00. The van der Waals surface area contributed by atoms with Crippen LogP contribution in [0.5, 0.6) is 5.75 Å². The van der Waals surface area contributed by atoms with Gasteiger partial charge in [0.25, 0.3) is 0 Å². The molecule has 0 radical (unpaired) electrons. The number of hydrogen-bond acceptors (Lipinski definition) is 4. The minimum absolute atomic E-state index is 0.367. The minimum atomic E-state index is -0.997. The highest BCUT2D eigenvalue weighted by atomic mass is 16.7. The van der Waals surface area contributed by atoms with Gasteiger partial charge in [0, 0.05) is 20.6 Å². The van der Waals surface area contributed by atoms with E-state index < -0.39 is 11.9 Å². The quantitative estimate of drug-likeness (QED) is 0.772. The summed E-state index contributed by atoms with van der Waals surface area (Å²) < 4.78 is 15.3. The van der Waals surface area contributed by atoms with E-state index in [1.54, 1.807) is 28.3 Å². The number of methoxy groups -OCH3 is 3. The molecule has 0 aromatic heterocycles.